The van der Waals surface area contributed by atoms with Gasteiger partial charge in [0.25, 0.3) is 5.91 Å². The van der Waals surface area contributed by atoms with Crippen LogP contribution in [0.1, 0.15) is 16.1 Å². The molecule has 27 heavy (non-hydrogen) atoms. The first-order valence-corrected chi connectivity index (χ1v) is 7.53. The molecule has 0 saturated carbocycles. The highest BCUT2D eigenvalue weighted by Gasteiger charge is 2.36. The molecule has 0 fully saturated rings. The molecule has 2 N–H and O–H groups in total. The van der Waals surface area contributed by atoms with Crippen molar-refractivity contribution in [2.24, 2.45) is 5.73 Å². The van der Waals surface area contributed by atoms with Crippen molar-refractivity contribution in [3.8, 4) is 28.5 Å². The molecule has 0 saturated heterocycles. The van der Waals surface area contributed by atoms with Gasteiger partial charge in [-0.2, -0.15) is 13.2 Å². The highest BCUT2D eigenvalue weighted by Crippen LogP contribution is 2.37. The molecule has 0 aliphatic carbocycles. The van der Waals surface area contributed by atoms with Gasteiger partial charge in [-0.3, -0.25) is 4.79 Å². The van der Waals surface area contributed by atoms with Crippen molar-refractivity contribution in [2.45, 2.75) is 6.18 Å². The second-order valence-electron chi connectivity index (χ2n) is 5.45. The molecule has 3 aromatic rings. The van der Waals surface area contributed by atoms with Gasteiger partial charge in [-0.05, 0) is 36.4 Å². The highest BCUT2D eigenvalue weighted by molar-refractivity contribution is 5.97. The van der Waals surface area contributed by atoms with Crippen LogP contribution in [0.2, 0.25) is 0 Å². The summed E-state index contributed by atoms with van der Waals surface area (Å²) in [4.78, 5) is 15.5. The molecule has 0 atom stereocenters. The van der Waals surface area contributed by atoms with Crippen LogP contribution in [0.15, 0.2) is 46.9 Å². The third kappa shape index (κ3) is 3.48. The number of nitrogens with two attached hydrogens (primary N) is 1. The number of oxazole rings is 1. The fourth-order valence-electron chi connectivity index (χ4n) is 2.46. The van der Waals surface area contributed by atoms with Gasteiger partial charge >= 0.3 is 6.18 Å². The maximum atomic E-state index is 14.3. The van der Waals surface area contributed by atoms with Gasteiger partial charge in [0.2, 0.25) is 5.89 Å². The maximum Gasteiger partial charge on any atom is 0.419 e. The lowest BCUT2D eigenvalue weighted by atomic mass is 10.1. The Labute approximate surface area is 150 Å². The van der Waals surface area contributed by atoms with Gasteiger partial charge in [0.15, 0.2) is 11.5 Å². The summed E-state index contributed by atoms with van der Waals surface area (Å²) in [5.74, 6) is -2.56. The summed E-state index contributed by atoms with van der Waals surface area (Å²) < 4.78 is 63.5. The van der Waals surface area contributed by atoms with E-state index in [1.807, 2.05) is 0 Å². The molecule has 5 nitrogen and oxygen atoms in total. The molecule has 140 valence electrons. The lowest BCUT2D eigenvalue weighted by molar-refractivity contribution is -0.139. The van der Waals surface area contributed by atoms with Crippen LogP contribution in [0.3, 0.4) is 0 Å². The Morgan fingerprint density at radius 3 is 2.37 bits per heavy atom. The molecule has 0 bridgehead atoms. The molecule has 2 aromatic carbocycles. The second kappa shape index (κ2) is 6.75. The number of aromatic nitrogens is 1. The number of benzene rings is 2. The molecule has 1 amide bonds. The predicted molar refractivity (Wildman–Crippen MR) is 87.4 cm³/mol. The van der Waals surface area contributed by atoms with E-state index in [1.165, 1.54) is 19.2 Å². The van der Waals surface area contributed by atoms with Crippen molar-refractivity contribution in [3.63, 3.8) is 0 Å². The third-order valence-electron chi connectivity index (χ3n) is 3.75. The second-order valence-corrected chi connectivity index (χ2v) is 5.45. The van der Waals surface area contributed by atoms with Gasteiger partial charge < -0.3 is 14.9 Å². The molecular formula is C18H12F4N2O3. The van der Waals surface area contributed by atoms with E-state index in [-0.39, 0.29) is 11.5 Å². The monoisotopic (exact) mass is 380 g/mol. The minimum atomic E-state index is -4.89. The quantitative estimate of drug-likeness (QED) is 0.686. The number of hydrogen-bond donors (Lipinski definition) is 1. The lowest BCUT2D eigenvalue weighted by Crippen LogP contribution is -2.12. The van der Waals surface area contributed by atoms with Gasteiger partial charge in [-0.1, -0.05) is 6.07 Å². The fraction of sp³-hybridized carbons (Fsp3) is 0.111. The number of hydrogen-bond acceptors (Lipinski definition) is 4. The summed E-state index contributed by atoms with van der Waals surface area (Å²) in [5.41, 5.74) is 3.32. The van der Waals surface area contributed by atoms with Crippen molar-refractivity contribution < 1.29 is 31.5 Å². The number of halogens is 4. The minimum Gasteiger partial charge on any atom is -0.497 e. The van der Waals surface area contributed by atoms with E-state index in [0.717, 1.165) is 12.1 Å². The molecule has 3 rings (SSSR count). The first kappa shape index (κ1) is 18.4. The van der Waals surface area contributed by atoms with Crippen molar-refractivity contribution >= 4 is 5.91 Å². The molecule has 1 aromatic heterocycles. The lowest BCUT2D eigenvalue weighted by Gasteiger charge is -2.09. The molecule has 1 heterocycles. The number of carbonyl (C=O) groups is 1. The number of amides is 1. The van der Waals surface area contributed by atoms with E-state index in [1.54, 1.807) is 12.1 Å². The number of nitrogens with zero attached hydrogens (tertiary/aromatic N) is 1. The van der Waals surface area contributed by atoms with Crippen LogP contribution in [0.4, 0.5) is 17.6 Å². The molecular weight excluding hydrogens is 368 g/mol. The Morgan fingerprint density at radius 1 is 1.15 bits per heavy atom. The summed E-state index contributed by atoms with van der Waals surface area (Å²) >= 11 is 0. The van der Waals surface area contributed by atoms with Gasteiger partial charge in [0.05, 0.1) is 18.2 Å². The predicted octanol–water partition coefficient (Wildman–Crippen LogP) is 4.27. The van der Waals surface area contributed by atoms with Crippen LogP contribution in [0.25, 0.3) is 22.8 Å². The topological polar surface area (TPSA) is 78.3 Å². The largest absolute Gasteiger partial charge is 0.497 e. The fourth-order valence-corrected chi connectivity index (χ4v) is 2.46. The summed E-state index contributed by atoms with van der Waals surface area (Å²) in [5, 5.41) is 0. The molecule has 0 unspecified atom stereocenters. The molecule has 0 aliphatic rings. The van der Waals surface area contributed by atoms with Crippen LogP contribution < -0.4 is 10.5 Å². The Kier molecular flexibility index (Phi) is 4.61. The van der Waals surface area contributed by atoms with Crippen molar-refractivity contribution in [2.75, 3.05) is 7.11 Å². The summed E-state index contributed by atoms with van der Waals surface area (Å²) in [6, 6.07) is 8.92. The number of primary amides is 1. The van der Waals surface area contributed by atoms with Crippen LogP contribution in [-0.4, -0.2) is 18.0 Å². The normalized spacial score (nSPS) is 11.4. The van der Waals surface area contributed by atoms with Gasteiger partial charge in [0.1, 0.15) is 11.6 Å². The van der Waals surface area contributed by atoms with E-state index in [2.05, 4.69) is 4.98 Å². The van der Waals surface area contributed by atoms with Crippen LogP contribution in [0.5, 0.6) is 5.75 Å². The van der Waals surface area contributed by atoms with E-state index < -0.39 is 34.9 Å². The molecule has 0 aliphatic heterocycles. The Hall–Kier alpha value is -3.36. The van der Waals surface area contributed by atoms with E-state index in [9.17, 15) is 22.4 Å². The maximum absolute atomic E-state index is 14.3. The Bertz CT molecular complexity index is 995. The summed E-state index contributed by atoms with van der Waals surface area (Å²) in [6.07, 6.45) is -4.89. The van der Waals surface area contributed by atoms with Crippen LogP contribution >= 0.6 is 0 Å². The van der Waals surface area contributed by atoms with E-state index in [0.29, 0.717) is 17.4 Å². The molecule has 0 radical (unpaired) electrons. The van der Waals surface area contributed by atoms with Gasteiger partial charge in [0, 0.05) is 5.56 Å². The van der Waals surface area contributed by atoms with Gasteiger partial charge in [-0.15, -0.1) is 0 Å². The van der Waals surface area contributed by atoms with Crippen molar-refractivity contribution in [1.29, 1.82) is 0 Å². The smallest absolute Gasteiger partial charge is 0.419 e. The van der Waals surface area contributed by atoms with E-state index >= 15 is 0 Å². The third-order valence-corrected chi connectivity index (χ3v) is 3.75. The standard InChI is InChI=1S/C18H12F4N2O3/c1-26-10-7-5-9(6-8-10)15-14(16(23)25)24-17(27-15)11-3-2-4-12(13(11)19)18(20,21)22/h2-8H,1H3,(H2,23,25). The van der Waals surface area contributed by atoms with Gasteiger partial charge in [-0.25, -0.2) is 9.37 Å². The zero-order chi connectivity index (χ0) is 19.8. The Balaban J connectivity index is 2.15. The molecule has 0 spiro atoms. The van der Waals surface area contributed by atoms with Crippen molar-refractivity contribution in [3.05, 3.63) is 59.5 Å². The average molecular weight is 380 g/mol. The van der Waals surface area contributed by atoms with Crippen LogP contribution in [-0.2, 0) is 6.18 Å². The highest BCUT2D eigenvalue weighted by atomic mass is 19.4. The number of methoxy groups -OCH3 is 1. The first-order chi connectivity index (χ1) is 12.7. The SMILES string of the molecule is COc1ccc(-c2oc(-c3cccc(C(F)(F)F)c3F)nc2C(N)=O)cc1. The number of rotatable bonds is 4. The number of ether oxygens (including phenoxy) is 1. The summed E-state index contributed by atoms with van der Waals surface area (Å²) in [7, 11) is 1.47. The average Bonchev–Trinajstić information content (AvgIpc) is 3.06. The Morgan fingerprint density at radius 2 is 1.81 bits per heavy atom. The zero-order valence-corrected chi connectivity index (χ0v) is 13.8. The number of carbonyl (C=O) groups excluding carboxylic acids is 1. The van der Waals surface area contributed by atoms with Crippen LogP contribution in [0, 0.1) is 5.82 Å². The zero-order valence-electron chi connectivity index (χ0n) is 13.8. The van der Waals surface area contributed by atoms with Crippen molar-refractivity contribution in [1.82, 2.24) is 4.98 Å². The van der Waals surface area contributed by atoms with E-state index in [4.69, 9.17) is 14.9 Å². The summed E-state index contributed by atoms with van der Waals surface area (Å²) in [6.45, 7) is 0. The number of alkyl halides is 3. The first-order valence-electron chi connectivity index (χ1n) is 7.53. The molecule has 9 heteroatoms. The minimum absolute atomic E-state index is 0.0861.